The maximum absolute atomic E-state index is 11.7. The molecule has 0 heterocycles. The molecule has 2 aromatic rings. The van der Waals surface area contributed by atoms with E-state index in [2.05, 4.69) is 19.1 Å². The highest BCUT2D eigenvalue weighted by molar-refractivity contribution is 5.72. The first-order valence-electron chi connectivity index (χ1n) is 7.00. The topological polar surface area (TPSA) is 63.4 Å². The van der Waals surface area contributed by atoms with Gasteiger partial charge in [0.15, 0.2) is 0 Å². The van der Waals surface area contributed by atoms with Crippen LogP contribution in [0.1, 0.15) is 31.4 Å². The van der Waals surface area contributed by atoms with Crippen LogP contribution in [0.5, 0.6) is 0 Å². The van der Waals surface area contributed by atoms with Crippen LogP contribution in [0.4, 0.5) is 11.4 Å². The summed E-state index contributed by atoms with van der Waals surface area (Å²) in [4.78, 5) is 24.9. The van der Waals surface area contributed by atoms with Gasteiger partial charge < -0.3 is 10.6 Å². The molecule has 0 amide bonds. The molecular formula is C16H20N2O2. The van der Waals surface area contributed by atoms with Crippen molar-refractivity contribution in [3.63, 3.8) is 0 Å². The van der Waals surface area contributed by atoms with E-state index in [9.17, 15) is 9.59 Å². The number of benzene rings is 1. The molecule has 0 bridgehead atoms. The quantitative estimate of drug-likeness (QED) is 0.815. The maximum atomic E-state index is 11.7. The molecule has 2 rings (SSSR count). The summed E-state index contributed by atoms with van der Waals surface area (Å²) in [7, 11) is 0. The number of aryl methyl sites for hydroxylation is 1. The fourth-order valence-corrected chi connectivity index (χ4v) is 2.42. The van der Waals surface area contributed by atoms with Crippen LogP contribution in [0, 0.1) is 0 Å². The molecular weight excluding hydrogens is 252 g/mol. The Labute approximate surface area is 118 Å². The number of hydrogen-bond acceptors (Lipinski definition) is 4. The van der Waals surface area contributed by atoms with Crippen molar-refractivity contribution in [1.82, 2.24) is 0 Å². The van der Waals surface area contributed by atoms with E-state index in [0.29, 0.717) is 18.8 Å². The van der Waals surface area contributed by atoms with Crippen molar-refractivity contribution in [3.05, 3.63) is 55.8 Å². The Kier molecular flexibility index (Phi) is 4.23. The molecule has 0 unspecified atom stereocenters. The molecule has 2 aromatic carbocycles. The summed E-state index contributed by atoms with van der Waals surface area (Å²) >= 11 is 0. The van der Waals surface area contributed by atoms with Crippen molar-refractivity contribution in [2.75, 3.05) is 17.2 Å². The van der Waals surface area contributed by atoms with E-state index in [1.54, 1.807) is 0 Å². The lowest BCUT2D eigenvalue weighted by Crippen LogP contribution is -2.42. The summed E-state index contributed by atoms with van der Waals surface area (Å²) in [6, 6.07) is 8.26. The van der Waals surface area contributed by atoms with Gasteiger partial charge in [-0.05, 0) is 24.0 Å². The fourth-order valence-electron chi connectivity index (χ4n) is 2.42. The van der Waals surface area contributed by atoms with Crippen molar-refractivity contribution in [2.24, 2.45) is 0 Å². The van der Waals surface area contributed by atoms with E-state index in [1.807, 2.05) is 24.0 Å². The Morgan fingerprint density at radius 1 is 1.10 bits per heavy atom. The fraction of sp³-hybridized carbons (Fsp3) is 0.375. The van der Waals surface area contributed by atoms with Gasteiger partial charge in [0.05, 0.1) is 0 Å². The van der Waals surface area contributed by atoms with Crippen LogP contribution in [-0.2, 0) is 13.0 Å². The van der Waals surface area contributed by atoms with Crippen LogP contribution < -0.4 is 21.5 Å². The molecule has 0 saturated heterocycles. The molecule has 0 fully saturated rings. The highest BCUT2D eigenvalue weighted by Crippen LogP contribution is 2.20. The molecule has 20 heavy (non-hydrogen) atoms. The first kappa shape index (κ1) is 14.3. The molecule has 0 aromatic heterocycles. The molecule has 0 aliphatic carbocycles. The second-order valence-electron chi connectivity index (χ2n) is 5.02. The first-order chi connectivity index (χ1) is 9.58. The summed E-state index contributed by atoms with van der Waals surface area (Å²) in [6.07, 6.45) is 1.87. The van der Waals surface area contributed by atoms with Crippen molar-refractivity contribution in [2.45, 2.75) is 33.2 Å². The van der Waals surface area contributed by atoms with Crippen LogP contribution in [0.2, 0.25) is 0 Å². The zero-order valence-electron chi connectivity index (χ0n) is 12.0. The predicted molar refractivity (Wildman–Crippen MR) is 82.9 cm³/mol. The summed E-state index contributed by atoms with van der Waals surface area (Å²) in [5.41, 5.74) is 7.54. The molecule has 0 spiro atoms. The first-order valence-corrected chi connectivity index (χ1v) is 7.00. The molecule has 0 aliphatic heterocycles. The third-order valence-electron chi connectivity index (χ3n) is 3.50. The Hall–Kier alpha value is -2.10. The molecule has 106 valence electrons. The lowest BCUT2D eigenvalue weighted by atomic mass is 10.1. The predicted octanol–water partition coefficient (Wildman–Crippen LogP) is 1.84. The Bertz CT molecular complexity index is 669. The number of anilines is 2. The largest absolute Gasteiger partial charge is 0.394 e. The monoisotopic (exact) mass is 272 g/mol. The number of rotatable bonds is 6. The zero-order valence-corrected chi connectivity index (χ0v) is 12.0. The molecule has 4 nitrogen and oxygen atoms in total. The van der Waals surface area contributed by atoms with Crippen molar-refractivity contribution in [3.8, 4) is 0 Å². The molecule has 0 radical (unpaired) electrons. The van der Waals surface area contributed by atoms with Gasteiger partial charge in [0.2, 0.25) is 0 Å². The Morgan fingerprint density at radius 2 is 1.80 bits per heavy atom. The zero-order chi connectivity index (χ0) is 14.7. The number of nitrogens with zero attached hydrogens (tertiary/aromatic N) is 1. The van der Waals surface area contributed by atoms with Crippen LogP contribution >= 0.6 is 0 Å². The second-order valence-corrected chi connectivity index (χ2v) is 5.02. The van der Waals surface area contributed by atoms with Gasteiger partial charge in [0.25, 0.3) is 10.9 Å². The van der Waals surface area contributed by atoms with Gasteiger partial charge in [-0.3, -0.25) is 9.59 Å². The lowest BCUT2D eigenvalue weighted by Gasteiger charge is -2.26. The molecule has 0 atom stereocenters. The van der Waals surface area contributed by atoms with Crippen molar-refractivity contribution < 1.29 is 0 Å². The van der Waals surface area contributed by atoms with Gasteiger partial charge in [0, 0.05) is 13.1 Å². The number of nitrogens with two attached hydrogens (primary N) is 1. The van der Waals surface area contributed by atoms with Crippen LogP contribution in [0.3, 0.4) is 0 Å². The summed E-state index contributed by atoms with van der Waals surface area (Å²) in [6.45, 7) is 5.47. The molecule has 2 N–H and O–H groups in total. The summed E-state index contributed by atoms with van der Waals surface area (Å²) in [5.74, 6) is 0. The van der Waals surface area contributed by atoms with E-state index in [4.69, 9.17) is 5.73 Å². The van der Waals surface area contributed by atoms with E-state index in [-0.39, 0.29) is 5.69 Å². The number of nitrogen functional groups attached to an aromatic ring is 1. The third kappa shape index (κ3) is 2.59. The SMILES string of the molecule is CCCN(Cc1cccc(CC)c1)c1c(N)c(=O)c1=O. The average Bonchev–Trinajstić information content (AvgIpc) is 2.47. The van der Waals surface area contributed by atoms with Gasteiger partial charge in [0.1, 0.15) is 11.4 Å². The van der Waals surface area contributed by atoms with Gasteiger partial charge in [-0.15, -0.1) is 0 Å². The molecule has 4 heteroatoms. The standard InChI is InChI=1S/C16H20N2O2/c1-3-8-18(14-13(17)15(19)16(14)20)10-12-7-5-6-11(4-2)9-12/h5-7,9H,3-4,8,10,17H2,1-2H3. The van der Waals surface area contributed by atoms with Crippen molar-refractivity contribution in [1.29, 1.82) is 0 Å². The highest BCUT2D eigenvalue weighted by atomic mass is 16.2. The Balaban J connectivity index is 2.26. The van der Waals surface area contributed by atoms with Crippen LogP contribution in [-0.4, -0.2) is 6.54 Å². The average molecular weight is 272 g/mol. The maximum Gasteiger partial charge on any atom is 0.253 e. The number of hydrogen-bond donors (Lipinski definition) is 1. The minimum absolute atomic E-state index is 0.107. The van der Waals surface area contributed by atoms with Gasteiger partial charge >= 0.3 is 0 Å². The minimum atomic E-state index is -0.552. The van der Waals surface area contributed by atoms with Gasteiger partial charge in [-0.25, -0.2) is 0 Å². The van der Waals surface area contributed by atoms with E-state index >= 15 is 0 Å². The smallest absolute Gasteiger partial charge is 0.253 e. The van der Waals surface area contributed by atoms with E-state index in [0.717, 1.165) is 18.4 Å². The Morgan fingerprint density at radius 3 is 2.40 bits per heavy atom. The normalized spacial score (nSPS) is 10.9. The van der Waals surface area contributed by atoms with E-state index in [1.165, 1.54) is 5.56 Å². The molecule has 0 saturated carbocycles. The van der Waals surface area contributed by atoms with Crippen LogP contribution in [0.25, 0.3) is 0 Å². The third-order valence-corrected chi connectivity index (χ3v) is 3.50. The summed E-state index contributed by atoms with van der Waals surface area (Å²) < 4.78 is 0. The second kappa shape index (κ2) is 5.90. The van der Waals surface area contributed by atoms with Gasteiger partial charge in [-0.1, -0.05) is 38.1 Å². The minimum Gasteiger partial charge on any atom is -0.394 e. The molecule has 0 aliphatic rings. The van der Waals surface area contributed by atoms with Crippen LogP contribution in [0.15, 0.2) is 33.9 Å². The lowest BCUT2D eigenvalue weighted by molar-refractivity contribution is 0.761. The van der Waals surface area contributed by atoms with Crippen molar-refractivity contribution >= 4 is 11.4 Å². The van der Waals surface area contributed by atoms with Gasteiger partial charge in [-0.2, -0.15) is 0 Å². The summed E-state index contributed by atoms with van der Waals surface area (Å²) in [5, 5.41) is 0. The van der Waals surface area contributed by atoms with E-state index < -0.39 is 10.9 Å². The highest BCUT2D eigenvalue weighted by Gasteiger charge is 2.23.